The Hall–Kier alpha value is -0.980. The molecule has 80 valence electrons. The summed E-state index contributed by atoms with van der Waals surface area (Å²) in [6, 6.07) is 5.67. The zero-order valence-corrected chi connectivity index (χ0v) is 10.9. The molecule has 0 aliphatic heterocycles. The highest BCUT2D eigenvalue weighted by molar-refractivity contribution is 9.10. The summed E-state index contributed by atoms with van der Waals surface area (Å²) in [5.74, 6) is 0. The maximum absolute atomic E-state index is 6.13. The van der Waals surface area contributed by atoms with Crippen LogP contribution in [0.3, 0.4) is 0 Å². The van der Waals surface area contributed by atoms with Gasteiger partial charge >= 0.3 is 0 Å². The van der Waals surface area contributed by atoms with Gasteiger partial charge in [-0.25, -0.2) is 0 Å². The molecule has 0 saturated carbocycles. The van der Waals surface area contributed by atoms with E-state index in [2.05, 4.69) is 31.2 Å². The molecule has 0 aliphatic carbocycles. The highest BCUT2D eigenvalue weighted by Crippen LogP contribution is 2.32. The zero-order chi connectivity index (χ0) is 11.1. The highest BCUT2D eigenvalue weighted by Gasteiger charge is 2.11. The minimum absolute atomic E-state index is 0.674. The summed E-state index contributed by atoms with van der Waals surface area (Å²) in [6.45, 7) is 0. The molecule has 0 atom stereocenters. The smallest absolute Gasteiger partial charge is 0.190 e. The van der Waals surface area contributed by atoms with E-state index in [0.29, 0.717) is 5.02 Å². The minimum atomic E-state index is 0.674. The minimum Gasteiger partial charge on any atom is -0.190 e. The fourth-order valence-electron chi connectivity index (χ4n) is 1.33. The molecule has 0 fully saturated rings. The van der Waals surface area contributed by atoms with Crippen LogP contribution in [0.1, 0.15) is 0 Å². The standard InChI is InChI=1S/C9H4BrClN4S/c10-5-1-2-7(11)6(3-5)8-14-15-4-12-13-9(15)16-8/h1-4H. The van der Waals surface area contributed by atoms with E-state index in [4.69, 9.17) is 11.6 Å². The first-order chi connectivity index (χ1) is 7.74. The summed E-state index contributed by atoms with van der Waals surface area (Å²) in [4.78, 5) is 0.756. The van der Waals surface area contributed by atoms with Crippen LogP contribution in [0.2, 0.25) is 5.02 Å². The number of benzene rings is 1. The molecule has 0 radical (unpaired) electrons. The first-order valence-corrected chi connectivity index (χ1v) is 6.35. The van der Waals surface area contributed by atoms with Crippen molar-refractivity contribution in [3.05, 3.63) is 34.0 Å². The lowest BCUT2D eigenvalue weighted by atomic mass is 10.2. The van der Waals surface area contributed by atoms with Gasteiger partial charge < -0.3 is 0 Å². The highest BCUT2D eigenvalue weighted by atomic mass is 79.9. The third-order valence-corrected chi connectivity index (χ3v) is 3.81. The maximum Gasteiger partial charge on any atom is 0.234 e. The number of aromatic nitrogens is 4. The van der Waals surface area contributed by atoms with Gasteiger partial charge in [-0.05, 0) is 18.2 Å². The summed E-state index contributed by atoms with van der Waals surface area (Å²) >= 11 is 11.0. The normalized spacial score (nSPS) is 11.1. The summed E-state index contributed by atoms with van der Waals surface area (Å²) in [7, 11) is 0. The van der Waals surface area contributed by atoms with E-state index in [1.165, 1.54) is 11.3 Å². The molecule has 2 aromatic heterocycles. The first kappa shape index (κ1) is 10.2. The lowest BCUT2D eigenvalue weighted by Gasteiger charge is -1.99. The van der Waals surface area contributed by atoms with Gasteiger partial charge in [-0.3, -0.25) is 0 Å². The van der Waals surface area contributed by atoms with Crippen molar-refractivity contribution in [2.24, 2.45) is 0 Å². The predicted octanol–water partition coefficient (Wildman–Crippen LogP) is 3.27. The number of fused-ring (bicyclic) bond motifs is 1. The van der Waals surface area contributed by atoms with E-state index < -0.39 is 0 Å². The van der Waals surface area contributed by atoms with Gasteiger partial charge in [0, 0.05) is 10.0 Å². The van der Waals surface area contributed by atoms with Crippen LogP contribution in [0.5, 0.6) is 0 Å². The summed E-state index contributed by atoms with van der Waals surface area (Å²) in [6.07, 6.45) is 1.57. The molecule has 4 nitrogen and oxygen atoms in total. The van der Waals surface area contributed by atoms with Gasteiger partial charge in [0.05, 0.1) is 5.02 Å². The van der Waals surface area contributed by atoms with E-state index in [1.54, 1.807) is 10.8 Å². The predicted molar refractivity (Wildman–Crippen MR) is 66.8 cm³/mol. The van der Waals surface area contributed by atoms with E-state index in [0.717, 1.165) is 20.0 Å². The van der Waals surface area contributed by atoms with E-state index >= 15 is 0 Å². The first-order valence-electron chi connectivity index (χ1n) is 4.36. The van der Waals surface area contributed by atoms with Gasteiger partial charge in [0.2, 0.25) is 4.96 Å². The number of hydrogen-bond acceptors (Lipinski definition) is 4. The van der Waals surface area contributed by atoms with Crippen molar-refractivity contribution < 1.29 is 0 Å². The third-order valence-electron chi connectivity index (χ3n) is 2.05. The van der Waals surface area contributed by atoms with Gasteiger partial charge in [-0.2, -0.15) is 9.61 Å². The lowest BCUT2D eigenvalue weighted by molar-refractivity contribution is 0.960. The molecule has 16 heavy (non-hydrogen) atoms. The van der Waals surface area contributed by atoms with Crippen molar-refractivity contribution in [2.75, 3.05) is 0 Å². The van der Waals surface area contributed by atoms with Crippen LogP contribution in [0.25, 0.3) is 15.5 Å². The molecule has 1 aromatic carbocycles. The van der Waals surface area contributed by atoms with Crippen LogP contribution in [-0.4, -0.2) is 19.8 Å². The molecule has 7 heteroatoms. The molecule has 0 saturated heterocycles. The third kappa shape index (κ3) is 1.63. The van der Waals surface area contributed by atoms with Crippen LogP contribution in [0, 0.1) is 0 Å². The van der Waals surface area contributed by atoms with Gasteiger partial charge in [0.1, 0.15) is 11.3 Å². The largest absolute Gasteiger partial charge is 0.234 e. The van der Waals surface area contributed by atoms with Crippen molar-refractivity contribution in [2.45, 2.75) is 0 Å². The molecule has 0 spiro atoms. The average Bonchev–Trinajstić information content (AvgIpc) is 2.81. The number of halogens is 2. The van der Waals surface area contributed by atoms with Gasteiger partial charge in [-0.15, -0.1) is 10.2 Å². The van der Waals surface area contributed by atoms with E-state index in [9.17, 15) is 0 Å². The molecule has 2 heterocycles. The molecule has 0 amide bonds. The van der Waals surface area contributed by atoms with Crippen molar-refractivity contribution in [3.8, 4) is 10.6 Å². The monoisotopic (exact) mass is 314 g/mol. The van der Waals surface area contributed by atoms with Crippen molar-refractivity contribution in [3.63, 3.8) is 0 Å². The number of hydrogen-bond donors (Lipinski definition) is 0. The molecular formula is C9H4BrClN4S. The molecule has 3 aromatic rings. The lowest BCUT2D eigenvalue weighted by Crippen LogP contribution is -1.83. The molecular weight excluding hydrogens is 312 g/mol. The van der Waals surface area contributed by atoms with Gasteiger partial charge in [0.15, 0.2) is 0 Å². The average molecular weight is 316 g/mol. The SMILES string of the molecule is Clc1ccc(Br)cc1-c1nn2cnnc2s1. The van der Waals surface area contributed by atoms with Gasteiger partial charge in [0.25, 0.3) is 0 Å². The second-order valence-corrected chi connectivity index (χ2v) is 5.37. The Kier molecular flexibility index (Phi) is 2.42. The Morgan fingerprint density at radius 2 is 2.25 bits per heavy atom. The van der Waals surface area contributed by atoms with E-state index in [1.807, 2.05) is 18.2 Å². The quantitative estimate of drug-likeness (QED) is 0.692. The maximum atomic E-state index is 6.13. The fraction of sp³-hybridized carbons (Fsp3) is 0. The summed E-state index contributed by atoms with van der Waals surface area (Å²) in [5, 5.41) is 13.5. The Morgan fingerprint density at radius 1 is 1.38 bits per heavy atom. The summed E-state index contributed by atoms with van der Waals surface area (Å²) < 4.78 is 2.61. The summed E-state index contributed by atoms with van der Waals surface area (Å²) in [5.41, 5.74) is 0.895. The zero-order valence-electron chi connectivity index (χ0n) is 7.76. The van der Waals surface area contributed by atoms with Crippen LogP contribution < -0.4 is 0 Å². The number of rotatable bonds is 1. The van der Waals surface area contributed by atoms with Crippen LogP contribution >= 0.6 is 38.9 Å². The van der Waals surface area contributed by atoms with Crippen LogP contribution in [-0.2, 0) is 0 Å². The van der Waals surface area contributed by atoms with Crippen LogP contribution in [0.15, 0.2) is 29.0 Å². The van der Waals surface area contributed by atoms with Crippen LogP contribution in [0.4, 0.5) is 0 Å². The molecule has 0 N–H and O–H groups in total. The molecule has 0 aliphatic rings. The van der Waals surface area contributed by atoms with Crippen molar-refractivity contribution in [1.29, 1.82) is 0 Å². The van der Waals surface area contributed by atoms with Crippen molar-refractivity contribution >= 4 is 43.8 Å². The fourth-order valence-corrected chi connectivity index (χ4v) is 2.80. The molecule has 0 bridgehead atoms. The van der Waals surface area contributed by atoms with Crippen molar-refractivity contribution in [1.82, 2.24) is 19.8 Å². The number of nitrogens with zero attached hydrogens (tertiary/aromatic N) is 4. The second-order valence-electron chi connectivity index (χ2n) is 3.09. The molecule has 3 rings (SSSR count). The van der Waals surface area contributed by atoms with E-state index in [-0.39, 0.29) is 0 Å². The Balaban J connectivity index is 2.22. The second kappa shape index (κ2) is 3.80. The Bertz CT molecular complexity index is 634. The van der Waals surface area contributed by atoms with Gasteiger partial charge in [-0.1, -0.05) is 38.9 Å². The topological polar surface area (TPSA) is 43.1 Å². The Morgan fingerprint density at radius 3 is 3.06 bits per heavy atom. The molecule has 0 unspecified atom stereocenters. The Labute approximate surface area is 108 Å².